The molecule has 2 aliphatic rings. The number of carbonyl (C=O) groups excluding carboxylic acids is 1. The van der Waals surface area contributed by atoms with Crippen LogP contribution in [0.4, 0.5) is 0 Å². The number of hydrogen-bond acceptors (Lipinski definition) is 8. The lowest BCUT2D eigenvalue weighted by molar-refractivity contribution is -0.118. The molecule has 0 amide bonds. The number of rotatable bonds is 6. The minimum absolute atomic E-state index is 0.0343. The second-order valence-electron chi connectivity index (χ2n) is 10.4. The first-order valence-electron chi connectivity index (χ1n) is 12.5. The summed E-state index contributed by atoms with van der Waals surface area (Å²) in [5.74, 6) is 1.87. The van der Waals surface area contributed by atoms with E-state index in [1.54, 1.807) is 30.2 Å². The Balaban J connectivity index is 1.38. The molecule has 0 bridgehead atoms. The number of nitrogens with zero attached hydrogens (tertiary/aromatic N) is 5. The molecule has 0 spiro atoms. The molecular formula is C29H26ClN5O4. The SMILES string of the molecule is COc1ccc(C2C3=C(CC(C)(C)CC3=O)Oc3ncn4nc(CO/N=C/c5ccccc5Cl)nc4c32)cc1. The molecule has 2 aromatic carbocycles. The molecule has 1 aliphatic carbocycles. The van der Waals surface area contributed by atoms with Crippen molar-refractivity contribution in [1.82, 2.24) is 19.6 Å². The zero-order valence-corrected chi connectivity index (χ0v) is 22.5. The summed E-state index contributed by atoms with van der Waals surface area (Å²) in [5, 5.41) is 9.11. The molecule has 1 atom stereocenters. The van der Waals surface area contributed by atoms with E-state index >= 15 is 0 Å². The summed E-state index contributed by atoms with van der Waals surface area (Å²) >= 11 is 6.17. The molecule has 3 heterocycles. The Kier molecular flexibility index (Phi) is 6.31. The third kappa shape index (κ3) is 4.74. The highest BCUT2D eigenvalue weighted by atomic mass is 35.5. The first-order chi connectivity index (χ1) is 18.8. The smallest absolute Gasteiger partial charge is 0.228 e. The van der Waals surface area contributed by atoms with Gasteiger partial charge in [0.25, 0.3) is 0 Å². The van der Waals surface area contributed by atoms with Crippen LogP contribution >= 0.6 is 11.6 Å². The summed E-state index contributed by atoms with van der Waals surface area (Å²) in [6.45, 7) is 4.18. The zero-order chi connectivity index (χ0) is 27.1. The molecule has 10 heteroatoms. The lowest BCUT2D eigenvalue weighted by Gasteiger charge is -2.37. The van der Waals surface area contributed by atoms with E-state index in [0.29, 0.717) is 52.1 Å². The second-order valence-corrected chi connectivity index (χ2v) is 10.8. The minimum Gasteiger partial charge on any atom is -0.497 e. The van der Waals surface area contributed by atoms with Crippen LogP contribution in [0.1, 0.15) is 55.1 Å². The number of ketones is 1. The number of fused-ring (bicyclic) bond motifs is 3. The highest BCUT2D eigenvalue weighted by molar-refractivity contribution is 6.33. The van der Waals surface area contributed by atoms with Crippen LogP contribution in [0.3, 0.4) is 0 Å². The molecular weight excluding hydrogens is 518 g/mol. The lowest BCUT2D eigenvalue weighted by atomic mass is 9.70. The number of ether oxygens (including phenoxy) is 2. The maximum absolute atomic E-state index is 13.5. The van der Waals surface area contributed by atoms with E-state index < -0.39 is 5.92 Å². The normalized spacial score (nSPS) is 18.2. The maximum atomic E-state index is 13.5. The van der Waals surface area contributed by atoms with Crippen molar-refractivity contribution in [3.8, 4) is 11.6 Å². The van der Waals surface area contributed by atoms with Crippen LogP contribution in [0.15, 0.2) is 71.3 Å². The Bertz CT molecular complexity index is 1640. The molecule has 6 rings (SSSR count). The summed E-state index contributed by atoms with van der Waals surface area (Å²) in [5.41, 5.74) is 3.33. The van der Waals surface area contributed by atoms with Gasteiger partial charge in [-0.15, -0.1) is 5.10 Å². The number of methoxy groups -OCH3 is 1. The molecule has 198 valence electrons. The van der Waals surface area contributed by atoms with Gasteiger partial charge in [-0.2, -0.15) is 0 Å². The maximum Gasteiger partial charge on any atom is 0.228 e. The first kappa shape index (κ1) is 25.1. The van der Waals surface area contributed by atoms with E-state index in [2.05, 4.69) is 29.1 Å². The minimum atomic E-state index is -0.411. The standard InChI is InChI=1S/C29H26ClN5O4/c1-29(2)12-21(36)25-22(13-29)39-28-26(24(25)17-8-10-19(37-3)11-9-17)27-33-23(34-35(27)16-31-28)15-38-32-14-18-6-4-5-7-20(18)30/h4-11,14,16,24H,12-13,15H2,1-3H3/b32-14+. The largest absolute Gasteiger partial charge is 0.497 e. The highest BCUT2D eigenvalue weighted by Crippen LogP contribution is 2.50. The molecule has 1 aliphatic heterocycles. The Labute approximate surface area is 230 Å². The van der Waals surface area contributed by atoms with Crippen molar-refractivity contribution in [2.24, 2.45) is 10.6 Å². The van der Waals surface area contributed by atoms with Crippen molar-refractivity contribution in [1.29, 1.82) is 0 Å². The van der Waals surface area contributed by atoms with Crippen molar-refractivity contribution in [2.45, 2.75) is 39.2 Å². The van der Waals surface area contributed by atoms with E-state index in [1.165, 1.54) is 0 Å². The van der Waals surface area contributed by atoms with Gasteiger partial charge in [0, 0.05) is 34.9 Å². The molecule has 9 nitrogen and oxygen atoms in total. The third-order valence-corrected chi connectivity index (χ3v) is 7.27. The van der Waals surface area contributed by atoms with Gasteiger partial charge < -0.3 is 14.3 Å². The van der Waals surface area contributed by atoms with Gasteiger partial charge in [0.05, 0.1) is 18.9 Å². The van der Waals surface area contributed by atoms with Crippen LogP contribution in [-0.2, 0) is 16.2 Å². The topological polar surface area (TPSA) is 100 Å². The van der Waals surface area contributed by atoms with Crippen molar-refractivity contribution in [2.75, 3.05) is 7.11 Å². The molecule has 0 saturated carbocycles. The zero-order valence-electron chi connectivity index (χ0n) is 21.7. The molecule has 2 aromatic heterocycles. The second kappa shape index (κ2) is 9.81. The van der Waals surface area contributed by atoms with Gasteiger partial charge in [0.2, 0.25) is 5.88 Å². The summed E-state index contributed by atoms with van der Waals surface area (Å²) in [4.78, 5) is 28.3. The number of halogens is 1. The fourth-order valence-corrected chi connectivity index (χ4v) is 5.33. The molecule has 0 fully saturated rings. The molecule has 0 saturated heterocycles. The Morgan fingerprint density at radius 1 is 1.18 bits per heavy atom. The highest BCUT2D eigenvalue weighted by Gasteiger charge is 2.44. The fourth-order valence-electron chi connectivity index (χ4n) is 5.15. The average Bonchev–Trinajstić information content (AvgIpc) is 3.33. The molecule has 0 radical (unpaired) electrons. The summed E-state index contributed by atoms with van der Waals surface area (Å²) in [7, 11) is 1.62. The summed E-state index contributed by atoms with van der Waals surface area (Å²) in [6.07, 6.45) is 4.18. The van der Waals surface area contributed by atoms with E-state index in [1.807, 2.05) is 42.5 Å². The van der Waals surface area contributed by atoms with Gasteiger partial charge in [-0.25, -0.2) is 14.5 Å². The van der Waals surface area contributed by atoms with Crippen molar-refractivity contribution in [3.63, 3.8) is 0 Å². The predicted octanol–water partition coefficient (Wildman–Crippen LogP) is 5.50. The van der Waals surface area contributed by atoms with E-state index in [9.17, 15) is 4.79 Å². The van der Waals surface area contributed by atoms with Gasteiger partial charge in [-0.05, 0) is 29.2 Å². The molecule has 39 heavy (non-hydrogen) atoms. The van der Waals surface area contributed by atoms with Gasteiger partial charge in [-0.1, -0.05) is 60.9 Å². The van der Waals surface area contributed by atoms with Crippen molar-refractivity contribution in [3.05, 3.63) is 93.7 Å². The number of oxime groups is 1. The van der Waals surface area contributed by atoms with E-state index in [4.69, 9.17) is 30.9 Å². The Morgan fingerprint density at radius 3 is 2.74 bits per heavy atom. The number of hydrogen-bond donors (Lipinski definition) is 0. The van der Waals surface area contributed by atoms with Crippen molar-refractivity contribution < 1.29 is 19.1 Å². The first-order valence-corrected chi connectivity index (χ1v) is 12.9. The number of allylic oxidation sites excluding steroid dienone is 2. The van der Waals surface area contributed by atoms with Gasteiger partial charge in [0.15, 0.2) is 23.9 Å². The van der Waals surface area contributed by atoms with Gasteiger partial charge >= 0.3 is 0 Å². The van der Waals surface area contributed by atoms with E-state index in [-0.39, 0.29) is 17.8 Å². The molecule has 4 aromatic rings. The summed E-state index contributed by atoms with van der Waals surface area (Å²) < 4.78 is 13.2. The average molecular weight is 544 g/mol. The Morgan fingerprint density at radius 2 is 1.97 bits per heavy atom. The number of Topliss-reactive ketones (excluding diaryl/α,β-unsaturated/α-hetero) is 1. The van der Waals surface area contributed by atoms with Gasteiger partial charge in [0.1, 0.15) is 17.8 Å². The number of carbonyl (C=O) groups is 1. The lowest BCUT2D eigenvalue weighted by Crippen LogP contribution is -2.33. The van der Waals surface area contributed by atoms with Crippen molar-refractivity contribution >= 4 is 29.2 Å². The third-order valence-electron chi connectivity index (χ3n) is 6.92. The van der Waals surface area contributed by atoms with Crippen LogP contribution in [-0.4, -0.2) is 38.7 Å². The fraction of sp³-hybridized carbons (Fsp3) is 0.276. The van der Waals surface area contributed by atoms with Crippen LogP contribution < -0.4 is 9.47 Å². The number of aromatic nitrogens is 4. The molecule has 1 unspecified atom stereocenters. The van der Waals surface area contributed by atoms with E-state index in [0.717, 1.165) is 16.9 Å². The monoisotopic (exact) mass is 543 g/mol. The Hall–Kier alpha value is -4.24. The molecule has 0 N–H and O–H groups in total. The quantitative estimate of drug-likeness (QED) is 0.234. The summed E-state index contributed by atoms with van der Waals surface area (Å²) in [6, 6.07) is 15.0. The van der Waals surface area contributed by atoms with Crippen LogP contribution in [0.2, 0.25) is 5.02 Å². The van der Waals surface area contributed by atoms with Crippen LogP contribution in [0.5, 0.6) is 11.6 Å². The number of benzene rings is 2. The van der Waals surface area contributed by atoms with Crippen LogP contribution in [0.25, 0.3) is 5.65 Å². The predicted molar refractivity (Wildman–Crippen MR) is 145 cm³/mol. The van der Waals surface area contributed by atoms with Gasteiger partial charge in [-0.3, -0.25) is 4.79 Å². The van der Waals surface area contributed by atoms with Crippen LogP contribution in [0, 0.1) is 5.41 Å².